The third-order valence-electron chi connectivity index (χ3n) is 4.38. The predicted molar refractivity (Wildman–Crippen MR) is 92.8 cm³/mol. The average Bonchev–Trinajstić information content (AvgIpc) is 3.32. The zero-order chi connectivity index (χ0) is 17.4. The van der Waals surface area contributed by atoms with Crippen LogP contribution in [-0.2, 0) is 16.1 Å². The molecule has 0 saturated carbocycles. The topological polar surface area (TPSA) is 89.3 Å². The largest absolute Gasteiger partial charge is 0.497 e. The van der Waals surface area contributed by atoms with Crippen molar-refractivity contribution in [1.29, 1.82) is 0 Å². The second-order valence-corrected chi connectivity index (χ2v) is 6.96. The predicted octanol–water partition coefficient (Wildman–Crippen LogP) is 1.38. The lowest BCUT2D eigenvalue weighted by atomic mass is 10.1. The van der Waals surface area contributed by atoms with Crippen LogP contribution >= 0.6 is 11.8 Å². The molecule has 3 heterocycles. The number of benzene rings is 1. The summed E-state index contributed by atoms with van der Waals surface area (Å²) in [6.07, 6.45) is 0.188. The number of hydrogen-bond acceptors (Lipinski definition) is 6. The molecule has 2 amide bonds. The van der Waals surface area contributed by atoms with Gasteiger partial charge in [-0.1, -0.05) is 11.8 Å². The van der Waals surface area contributed by atoms with E-state index in [2.05, 4.69) is 15.5 Å². The number of nitrogens with zero attached hydrogens (tertiary/aromatic N) is 4. The lowest BCUT2D eigenvalue weighted by Gasteiger charge is -2.17. The SMILES string of the molecule is COc1ccc(N2CC(C(=O)Nc3nnc4n3CCS4)CC2=O)cc1. The Morgan fingerprint density at radius 3 is 2.88 bits per heavy atom. The monoisotopic (exact) mass is 359 g/mol. The zero-order valence-corrected chi connectivity index (χ0v) is 14.5. The van der Waals surface area contributed by atoms with E-state index in [9.17, 15) is 9.59 Å². The Morgan fingerprint density at radius 1 is 1.32 bits per heavy atom. The van der Waals surface area contributed by atoms with Crippen molar-refractivity contribution in [2.24, 2.45) is 5.92 Å². The third-order valence-corrected chi connectivity index (χ3v) is 5.32. The van der Waals surface area contributed by atoms with Crippen LogP contribution in [0.3, 0.4) is 0 Å². The van der Waals surface area contributed by atoms with Gasteiger partial charge in [-0.2, -0.15) is 0 Å². The summed E-state index contributed by atoms with van der Waals surface area (Å²) in [4.78, 5) is 26.5. The van der Waals surface area contributed by atoms with Crippen LogP contribution in [0, 0.1) is 5.92 Å². The summed E-state index contributed by atoms with van der Waals surface area (Å²) in [7, 11) is 1.59. The number of aromatic nitrogens is 3. The molecule has 130 valence electrons. The molecule has 1 atom stereocenters. The first-order valence-electron chi connectivity index (χ1n) is 7.97. The van der Waals surface area contributed by atoms with Crippen molar-refractivity contribution >= 4 is 35.2 Å². The molecule has 9 heteroatoms. The van der Waals surface area contributed by atoms with Crippen molar-refractivity contribution < 1.29 is 14.3 Å². The first-order valence-corrected chi connectivity index (χ1v) is 8.95. The molecule has 1 fully saturated rings. The maximum atomic E-state index is 12.5. The molecule has 8 nitrogen and oxygen atoms in total. The molecule has 4 rings (SSSR count). The molecule has 25 heavy (non-hydrogen) atoms. The maximum Gasteiger partial charge on any atom is 0.232 e. The number of fused-ring (bicyclic) bond motifs is 1. The van der Waals surface area contributed by atoms with Gasteiger partial charge in [0.05, 0.1) is 13.0 Å². The quantitative estimate of drug-likeness (QED) is 0.887. The van der Waals surface area contributed by atoms with E-state index in [-0.39, 0.29) is 18.2 Å². The summed E-state index contributed by atoms with van der Waals surface area (Å²) in [6, 6.07) is 7.24. The Bertz CT molecular complexity index is 820. The Balaban J connectivity index is 1.44. The number of hydrogen-bond donors (Lipinski definition) is 1. The highest BCUT2D eigenvalue weighted by Gasteiger charge is 2.36. The minimum absolute atomic E-state index is 0.0626. The van der Waals surface area contributed by atoms with Crippen LogP contribution in [0.2, 0.25) is 0 Å². The average molecular weight is 359 g/mol. The lowest BCUT2D eigenvalue weighted by molar-refractivity contribution is -0.122. The molecule has 2 aliphatic rings. The summed E-state index contributed by atoms with van der Waals surface area (Å²) >= 11 is 1.61. The van der Waals surface area contributed by atoms with E-state index < -0.39 is 5.92 Å². The number of ether oxygens (including phenoxy) is 1. The number of methoxy groups -OCH3 is 1. The molecule has 2 aliphatic heterocycles. The van der Waals surface area contributed by atoms with Crippen molar-refractivity contribution in [3.05, 3.63) is 24.3 Å². The molecular weight excluding hydrogens is 342 g/mol. The Morgan fingerprint density at radius 2 is 2.12 bits per heavy atom. The van der Waals surface area contributed by atoms with Gasteiger partial charge in [0.15, 0.2) is 5.16 Å². The van der Waals surface area contributed by atoms with Crippen LogP contribution in [-0.4, -0.2) is 46.0 Å². The van der Waals surface area contributed by atoms with Gasteiger partial charge < -0.3 is 9.64 Å². The molecule has 1 N–H and O–H groups in total. The van der Waals surface area contributed by atoms with E-state index in [1.54, 1.807) is 35.9 Å². The lowest BCUT2D eigenvalue weighted by Crippen LogP contribution is -2.28. The molecule has 1 aromatic heterocycles. The maximum absolute atomic E-state index is 12.5. The van der Waals surface area contributed by atoms with Gasteiger partial charge in [0.25, 0.3) is 0 Å². The molecule has 0 radical (unpaired) electrons. The summed E-state index contributed by atoms with van der Waals surface area (Å²) < 4.78 is 7.02. The number of amides is 2. The fraction of sp³-hybridized carbons (Fsp3) is 0.375. The van der Waals surface area contributed by atoms with Gasteiger partial charge in [0.2, 0.25) is 17.8 Å². The second-order valence-electron chi connectivity index (χ2n) is 5.90. The standard InChI is InChI=1S/C16H17N5O3S/c1-24-12-4-2-11(3-5-12)21-9-10(8-13(21)22)14(23)17-15-18-19-16-20(15)6-7-25-16/h2-5,10H,6-9H2,1H3,(H,17,18,23). The molecule has 0 bridgehead atoms. The van der Waals surface area contributed by atoms with E-state index in [1.165, 1.54) is 0 Å². The van der Waals surface area contributed by atoms with Gasteiger partial charge in [-0.3, -0.25) is 19.5 Å². The van der Waals surface area contributed by atoms with E-state index in [0.29, 0.717) is 12.5 Å². The van der Waals surface area contributed by atoms with Crippen LogP contribution in [0.4, 0.5) is 11.6 Å². The number of thioether (sulfide) groups is 1. The summed E-state index contributed by atoms with van der Waals surface area (Å²) in [6.45, 7) is 1.14. The molecule has 1 saturated heterocycles. The summed E-state index contributed by atoms with van der Waals surface area (Å²) in [5.41, 5.74) is 0.765. The number of anilines is 2. The van der Waals surface area contributed by atoms with Crippen LogP contribution in [0.5, 0.6) is 5.75 Å². The van der Waals surface area contributed by atoms with E-state index >= 15 is 0 Å². The minimum atomic E-state index is -0.406. The Labute approximate surface area is 148 Å². The molecular formula is C16H17N5O3S. The van der Waals surface area contributed by atoms with Gasteiger partial charge >= 0.3 is 0 Å². The highest BCUT2D eigenvalue weighted by Crippen LogP contribution is 2.29. The Kier molecular flexibility index (Phi) is 4.08. The van der Waals surface area contributed by atoms with Gasteiger partial charge in [-0.15, -0.1) is 10.2 Å². The number of carbonyl (C=O) groups is 2. The van der Waals surface area contributed by atoms with Crippen molar-refractivity contribution in [3.63, 3.8) is 0 Å². The van der Waals surface area contributed by atoms with E-state index in [1.807, 2.05) is 16.7 Å². The first-order chi connectivity index (χ1) is 12.2. The molecule has 2 aromatic rings. The van der Waals surface area contributed by atoms with Gasteiger partial charge in [-0.05, 0) is 24.3 Å². The summed E-state index contributed by atoms with van der Waals surface area (Å²) in [5, 5.41) is 11.7. The highest BCUT2D eigenvalue weighted by molar-refractivity contribution is 7.99. The normalized spacial score (nSPS) is 19.2. The Hall–Kier alpha value is -2.55. The number of nitrogens with one attached hydrogen (secondary N) is 1. The van der Waals surface area contributed by atoms with Crippen molar-refractivity contribution in [2.45, 2.75) is 18.1 Å². The second kappa shape index (κ2) is 6.40. The van der Waals surface area contributed by atoms with Gasteiger partial charge in [0.1, 0.15) is 5.75 Å². The fourth-order valence-electron chi connectivity index (χ4n) is 3.02. The number of carbonyl (C=O) groups excluding carboxylic acids is 2. The van der Waals surface area contributed by atoms with Crippen molar-refractivity contribution in [2.75, 3.05) is 29.6 Å². The first kappa shape index (κ1) is 15.9. The molecule has 0 aliphatic carbocycles. The zero-order valence-electron chi connectivity index (χ0n) is 13.6. The van der Waals surface area contributed by atoms with Crippen LogP contribution in [0.1, 0.15) is 6.42 Å². The van der Waals surface area contributed by atoms with Crippen LogP contribution < -0.4 is 15.0 Å². The van der Waals surface area contributed by atoms with Crippen molar-refractivity contribution in [3.8, 4) is 5.75 Å². The molecule has 1 aromatic carbocycles. The van der Waals surface area contributed by atoms with Crippen LogP contribution in [0.25, 0.3) is 0 Å². The molecule has 1 unspecified atom stereocenters. The smallest absolute Gasteiger partial charge is 0.232 e. The number of rotatable bonds is 4. The minimum Gasteiger partial charge on any atom is -0.497 e. The third kappa shape index (κ3) is 2.95. The summed E-state index contributed by atoms with van der Waals surface area (Å²) in [5.74, 6) is 1.45. The fourth-order valence-corrected chi connectivity index (χ4v) is 3.91. The molecule has 0 spiro atoms. The van der Waals surface area contributed by atoms with E-state index in [0.717, 1.165) is 28.9 Å². The van der Waals surface area contributed by atoms with Crippen molar-refractivity contribution in [1.82, 2.24) is 14.8 Å². The van der Waals surface area contributed by atoms with E-state index in [4.69, 9.17) is 4.74 Å². The van der Waals surface area contributed by atoms with Gasteiger partial charge in [-0.25, -0.2) is 0 Å². The highest BCUT2D eigenvalue weighted by atomic mass is 32.2. The van der Waals surface area contributed by atoms with Gasteiger partial charge in [0, 0.05) is 31.0 Å². The van der Waals surface area contributed by atoms with Crippen LogP contribution in [0.15, 0.2) is 29.4 Å².